The number of nitrogens with zero attached hydrogens (tertiary/aromatic N) is 2. The number of hydrogen-bond donors (Lipinski definition) is 1. The van der Waals surface area contributed by atoms with Gasteiger partial charge in [-0.15, -0.1) is 0 Å². The van der Waals surface area contributed by atoms with Gasteiger partial charge in [0, 0.05) is 51.3 Å². The number of hydrogen-bond acceptors (Lipinski definition) is 5. The zero-order valence-electron chi connectivity index (χ0n) is 20.7. The molecule has 3 amide bonds. The van der Waals surface area contributed by atoms with Gasteiger partial charge in [0.1, 0.15) is 18.2 Å². The van der Waals surface area contributed by atoms with E-state index >= 15 is 0 Å². The minimum absolute atomic E-state index is 0.0302. The maximum atomic E-state index is 13.5. The van der Waals surface area contributed by atoms with Gasteiger partial charge in [-0.25, -0.2) is 4.39 Å². The highest BCUT2D eigenvalue weighted by molar-refractivity contribution is 6.05. The third-order valence-corrected chi connectivity index (χ3v) is 6.19. The van der Waals surface area contributed by atoms with E-state index in [0.29, 0.717) is 24.5 Å². The monoisotopic (exact) mass is 485 g/mol. The van der Waals surface area contributed by atoms with E-state index < -0.39 is 11.7 Å². The van der Waals surface area contributed by atoms with Crippen molar-refractivity contribution >= 4 is 23.4 Å². The molecule has 1 heterocycles. The number of benzene rings is 2. The second-order valence-corrected chi connectivity index (χ2v) is 8.94. The van der Waals surface area contributed by atoms with Crippen LogP contribution in [0.25, 0.3) is 0 Å². The summed E-state index contributed by atoms with van der Waals surface area (Å²) < 4.78 is 25.2. The highest BCUT2D eigenvalue weighted by atomic mass is 19.1. The molecule has 3 rings (SSSR count). The van der Waals surface area contributed by atoms with Gasteiger partial charge >= 0.3 is 0 Å². The molecule has 0 saturated heterocycles. The lowest BCUT2D eigenvalue weighted by molar-refractivity contribution is -0.133. The topological polar surface area (TPSA) is 88.2 Å². The van der Waals surface area contributed by atoms with Crippen molar-refractivity contribution in [3.63, 3.8) is 0 Å². The lowest BCUT2D eigenvalue weighted by Crippen LogP contribution is -2.48. The van der Waals surface area contributed by atoms with E-state index in [1.165, 1.54) is 36.1 Å². The summed E-state index contributed by atoms with van der Waals surface area (Å²) in [6, 6.07) is 9.87. The zero-order chi connectivity index (χ0) is 25.7. The van der Waals surface area contributed by atoms with E-state index in [0.717, 1.165) is 6.07 Å². The summed E-state index contributed by atoms with van der Waals surface area (Å²) in [6.07, 6.45) is -0.294. The average Bonchev–Trinajstić information content (AvgIpc) is 2.83. The normalized spacial score (nSPS) is 21.3. The SMILES string of the molecule is CO[C@@H]1CN(C)C(=O)c2cc(NC(=O)c3cccc(F)c3)ccc2OC[C@@H](C)N(C(C)=O)C[C@@H]1C. The Morgan fingerprint density at radius 1 is 1.14 bits per heavy atom. The van der Waals surface area contributed by atoms with Crippen molar-refractivity contribution in [3.8, 4) is 5.75 Å². The first-order valence-corrected chi connectivity index (χ1v) is 11.5. The Hall–Kier alpha value is -3.46. The summed E-state index contributed by atoms with van der Waals surface area (Å²) in [6.45, 7) is 6.35. The highest BCUT2D eigenvalue weighted by Crippen LogP contribution is 2.27. The van der Waals surface area contributed by atoms with Crippen LogP contribution >= 0.6 is 0 Å². The highest BCUT2D eigenvalue weighted by Gasteiger charge is 2.29. The largest absolute Gasteiger partial charge is 0.491 e. The first-order chi connectivity index (χ1) is 16.6. The molecule has 8 nitrogen and oxygen atoms in total. The molecule has 0 unspecified atom stereocenters. The second kappa shape index (κ2) is 11.3. The zero-order valence-corrected chi connectivity index (χ0v) is 20.7. The van der Waals surface area contributed by atoms with Crippen molar-refractivity contribution < 1.29 is 28.2 Å². The van der Waals surface area contributed by atoms with Gasteiger partial charge in [0.15, 0.2) is 0 Å². The van der Waals surface area contributed by atoms with Crippen molar-refractivity contribution in [2.75, 3.05) is 39.2 Å². The minimum Gasteiger partial charge on any atom is -0.491 e. The van der Waals surface area contributed by atoms with Crippen LogP contribution < -0.4 is 10.1 Å². The van der Waals surface area contributed by atoms with Gasteiger partial charge in [0.25, 0.3) is 11.8 Å². The molecule has 2 aromatic rings. The number of carbonyl (C=O) groups excluding carboxylic acids is 3. The Balaban J connectivity index is 1.94. The van der Waals surface area contributed by atoms with Crippen LogP contribution in [0.2, 0.25) is 0 Å². The number of ether oxygens (including phenoxy) is 2. The number of rotatable bonds is 3. The lowest BCUT2D eigenvalue weighted by Gasteiger charge is -2.35. The molecule has 1 aliphatic rings. The van der Waals surface area contributed by atoms with Gasteiger partial charge in [-0.2, -0.15) is 0 Å². The smallest absolute Gasteiger partial charge is 0.257 e. The van der Waals surface area contributed by atoms with Crippen LogP contribution in [0.3, 0.4) is 0 Å². The molecule has 188 valence electrons. The molecule has 0 saturated carbocycles. The molecule has 3 atom stereocenters. The molecule has 1 aliphatic heterocycles. The van der Waals surface area contributed by atoms with Gasteiger partial charge in [0.2, 0.25) is 5.91 Å². The Bertz CT molecular complexity index is 1090. The van der Waals surface area contributed by atoms with Crippen LogP contribution in [-0.2, 0) is 9.53 Å². The molecular weight excluding hydrogens is 453 g/mol. The maximum absolute atomic E-state index is 13.5. The number of carbonyl (C=O) groups is 3. The van der Waals surface area contributed by atoms with Gasteiger partial charge in [-0.05, 0) is 43.3 Å². The summed E-state index contributed by atoms with van der Waals surface area (Å²) in [4.78, 5) is 41.6. The third-order valence-electron chi connectivity index (χ3n) is 6.19. The lowest BCUT2D eigenvalue weighted by atomic mass is 10.0. The van der Waals surface area contributed by atoms with Gasteiger partial charge in [-0.1, -0.05) is 13.0 Å². The summed E-state index contributed by atoms with van der Waals surface area (Å²) in [5.41, 5.74) is 0.784. The van der Waals surface area contributed by atoms with Gasteiger partial charge in [-0.3, -0.25) is 14.4 Å². The predicted molar refractivity (Wildman–Crippen MR) is 130 cm³/mol. The molecule has 9 heteroatoms. The molecule has 0 spiro atoms. The Kier molecular flexibility index (Phi) is 8.45. The number of halogens is 1. The summed E-state index contributed by atoms with van der Waals surface area (Å²) in [5.74, 6) is -1.08. The fourth-order valence-corrected chi connectivity index (χ4v) is 4.13. The maximum Gasteiger partial charge on any atom is 0.257 e. The summed E-state index contributed by atoms with van der Waals surface area (Å²) in [5, 5.41) is 2.71. The summed E-state index contributed by atoms with van der Waals surface area (Å²) >= 11 is 0. The molecule has 35 heavy (non-hydrogen) atoms. The summed E-state index contributed by atoms with van der Waals surface area (Å²) in [7, 11) is 3.25. The van der Waals surface area contributed by atoms with Crippen LogP contribution in [0.1, 0.15) is 41.5 Å². The fourth-order valence-electron chi connectivity index (χ4n) is 4.13. The molecule has 2 aromatic carbocycles. The first-order valence-electron chi connectivity index (χ1n) is 11.5. The number of fused-ring (bicyclic) bond motifs is 1. The van der Waals surface area contributed by atoms with E-state index in [1.807, 2.05) is 13.8 Å². The Labute approximate surface area is 205 Å². The van der Waals surface area contributed by atoms with E-state index in [-0.39, 0.29) is 47.6 Å². The fraction of sp³-hybridized carbons (Fsp3) is 0.423. The van der Waals surface area contributed by atoms with Crippen LogP contribution in [-0.4, -0.2) is 73.5 Å². The van der Waals surface area contributed by atoms with Crippen LogP contribution in [0, 0.1) is 11.7 Å². The Morgan fingerprint density at radius 2 is 1.89 bits per heavy atom. The van der Waals surface area contributed by atoms with Crippen molar-refractivity contribution in [1.82, 2.24) is 9.80 Å². The number of amides is 3. The van der Waals surface area contributed by atoms with Crippen LogP contribution in [0.4, 0.5) is 10.1 Å². The quantitative estimate of drug-likeness (QED) is 0.720. The van der Waals surface area contributed by atoms with E-state index in [4.69, 9.17) is 9.47 Å². The molecule has 0 aromatic heterocycles. The van der Waals surface area contributed by atoms with Crippen LogP contribution in [0.15, 0.2) is 42.5 Å². The minimum atomic E-state index is -0.518. The third kappa shape index (κ3) is 6.36. The van der Waals surface area contributed by atoms with E-state index in [9.17, 15) is 18.8 Å². The number of likely N-dealkylation sites (N-methyl/N-ethyl adjacent to an activating group) is 1. The molecular formula is C26H32FN3O5. The number of methoxy groups -OCH3 is 1. The average molecular weight is 486 g/mol. The Morgan fingerprint density at radius 3 is 2.54 bits per heavy atom. The van der Waals surface area contributed by atoms with Crippen molar-refractivity contribution in [2.24, 2.45) is 5.92 Å². The van der Waals surface area contributed by atoms with Crippen molar-refractivity contribution in [2.45, 2.75) is 32.9 Å². The molecule has 0 aliphatic carbocycles. The second-order valence-electron chi connectivity index (χ2n) is 8.94. The molecule has 0 radical (unpaired) electrons. The van der Waals surface area contributed by atoms with Gasteiger partial charge in [0.05, 0.1) is 17.7 Å². The predicted octanol–water partition coefficient (Wildman–Crippen LogP) is 3.43. The molecule has 0 bridgehead atoms. The first kappa shape index (κ1) is 26.2. The molecule has 0 fully saturated rings. The standard InChI is InChI=1S/C26H32FN3O5/c1-16-13-30(18(3)31)17(2)15-35-23-10-9-21(28-25(32)19-7-6-8-20(27)11-19)12-22(23)26(33)29(4)14-24(16)34-5/h6-12,16-17,24H,13-15H2,1-5H3,(H,28,32)/t16-,17+,24+/m0/s1. The number of anilines is 1. The van der Waals surface area contributed by atoms with E-state index in [2.05, 4.69) is 5.32 Å². The van der Waals surface area contributed by atoms with Crippen LogP contribution in [0.5, 0.6) is 5.75 Å². The van der Waals surface area contributed by atoms with Crippen molar-refractivity contribution in [1.29, 1.82) is 0 Å². The van der Waals surface area contributed by atoms with Crippen molar-refractivity contribution in [3.05, 3.63) is 59.4 Å². The molecule has 1 N–H and O–H groups in total. The van der Waals surface area contributed by atoms with Gasteiger partial charge < -0.3 is 24.6 Å². The number of nitrogens with one attached hydrogen (secondary N) is 1. The van der Waals surface area contributed by atoms with E-state index in [1.54, 1.807) is 31.2 Å².